The molecule has 96 valence electrons. The molecule has 1 aromatic rings. The fraction of sp³-hybridized carbons (Fsp3) is 0.692. The molecule has 1 aromatic heterocycles. The maximum Gasteiger partial charge on any atom is 0.329 e. The van der Waals surface area contributed by atoms with Crippen molar-refractivity contribution in [3.05, 3.63) is 17.7 Å². The van der Waals surface area contributed by atoms with Crippen molar-refractivity contribution in [2.45, 2.75) is 53.0 Å². The van der Waals surface area contributed by atoms with E-state index in [4.69, 9.17) is 0 Å². The third kappa shape index (κ3) is 2.68. The minimum Gasteiger partial charge on any atom is -0.479 e. The van der Waals surface area contributed by atoms with Crippen molar-refractivity contribution in [3.8, 4) is 0 Å². The van der Waals surface area contributed by atoms with Gasteiger partial charge in [0.2, 0.25) is 0 Å². The van der Waals surface area contributed by atoms with E-state index < -0.39 is 11.5 Å². The zero-order valence-electron chi connectivity index (χ0n) is 11.3. The topological polar surface area (TPSA) is 55.1 Å². The molecule has 17 heavy (non-hydrogen) atoms. The van der Waals surface area contributed by atoms with Crippen LogP contribution in [0, 0.1) is 19.8 Å². The molecule has 0 amide bonds. The summed E-state index contributed by atoms with van der Waals surface area (Å²) >= 11 is 0. The predicted octanol–water partition coefficient (Wildman–Crippen LogP) is 2.74. The smallest absolute Gasteiger partial charge is 0.329 e. The van der Waals surface area contributed by atoms with Crippen molar-refractivity contribution in [1.29, 1.82) is 0 Å². The molecule has 0 fully saturated rings. The zero-order chi connectivity index (χ0) is 13.2. The highest BCUT2D eigenvalue weighted by Gasteiger charge is 2.36. The number of aliphatic carboxylic acids is 1. The molecular weight excluding hydrogens is 216 g/mol. The number of imidazole rings is 1. The van der Waals surface area contributed by atoms with E-state index >= 15 is 0 Å². The highest BCUT2D eigenvalue weighted by Crippen LogP contribution is 2.27. The van der Waals surface area contributed by atoms with Gasteiger partial charge in [0, 0.05) is 5.69 Å². The lowest BCUT2D eigenvalue weighted by Gasteiger charge is -2.28. The summed E-state index contributed by atoms with van der Waals surface area (Å²) in [6.07, 6.45) is 3.15. The number of aryl methyl sites for hydroxylation is 1. The lowest BCUT2D eigenvalue weighted by atomic mass is 9.91. The average molecular weight is 238 g/mol. The molecule has 0 saturated heterocycles. The fourth-order valence-electron chi connectivity index (χ4n) is 1.90. The van der Waals surface area contributed by atoms with Crippen LogP contribution < -0.4 is 0 Å². The Morgan fingerprint density at radius 1 is 1.53 bits per heavy atom. The van der Waals surface area contributed by atoms with Crippen LogP contribution in [-0.2, 0) is 10.3 Å². The zero-order valence-corrected chi connectivity index (χ0v) is 11.3. The number of nitrogens with zero attached hydrogens (tertiary/aromatic N) is 2. The SMILES string of the molecule is Cc1ncn(C(C)(CCC(C)C)C(=O)O)c1C. The second kappa shape index (κ2) is 4.90. The molecule has 4 heteroatoms. The Morgan fingerprint density at radius 3 is 2.47 bits per heavy atom. The third-order valence-corrected chi connectivity index (χ3v) is 3.45. The van der Waals surface area contributed by atoms with Gasteiger partial charge in [-0.15, -0.1) is 0 Å². The van der Waals surface area contributed by atoms with Gasteiger partial charge in [-0.1, -0.05) is 13.8 Å². The van der Waals surface area contributed by atoms with E-state index in [2.05, 4.69) is 18.8 Å². The molecule has 0 aliphatic heterocycles. The van der Waals surface area contributed by atoms with E-state index in [1.807, 2.05) is 13.8 Å². The largest absolute Gasteiger partial charge is 0.479 e. The van der Waals surface area contributed by atoms with Gasteiger partial charge in [0.1, 0.15) is 5.54 Å². The van der Waals surface area contributed by atoms with Crippen molar-refractivity contribution < 1.29 is 9.90 Å². The van der Waals surface area contributed by atoms with Gasteiger partial charge < -0.3 is 9.67 Å². The number of carboxylic acids is 1. The van der Waals surface area contributed by atoms with E-state index in [1.54, 1.807) is 17.8 Å². The Bertz CT molecular complexity index is 410. The Balaban J connectivity index is 3.08. The summed E-state index contributed by atoms with van der Waals surface area (Å²) in [4.78, 5) is 15.7. The van der Waals surface area contributed by atoms with Crippen molar-refractivity contribution in [1.82, 2.24) is 9.55 Å². The molecule has 1 heterocycles. The van der Waals surface area contributed by atoms with Crippen LogP contribution in [0.1, 0.15) is 45.0 Å². The number of aromatic nitrogens is 2. The molecule has 0 aliphatic rings. The van der Waals surface area contributed by atoms with Crippen LogP contribution in [0.15, 0.2) is 6.33 Å². The Hall–Kier alpha value is -1.32. The van der Waals surface area contributed by atoms with Gasteiger partial charge in [0.05, 0.1) is 12.0 Å². The lowest BCUT2D eigenvalue weighted by Crippen LogP contribution is -2.39. The highest BCUT2D eigenvalue weighted by molar-refractivity contribution is 5.76. The lowest BCUT2D eigenvalue weighted by molar-refractivity contribution is -0.147. The first kappa shape index (κ1) is 13.7. The van der Waals surface area contributed by atoms with Gasteiger partial charge in [-0.3, -0.25) is 0 Å². The molecule has 0 saturated carbocycles. The maximum atomic E-state index is 11.5. The number of hydrogen-bond acceptors (Lipinski definition) is 2. The highest BCUT2D eigenvalue weighted by atomic mass is 16.4. The molecule has 4 nitrogen and oxygen atoms in total. The Labute approximate surface area is 103 Å². The number of rotatable bonds is 5. The molecular formula is C13H22N2O2. The van der Waals surface area contributed by atoms with Crippen LogP contribution in [-0.4, -0.2) is 20.6 Å². The number of carboxylic acid groups (broad SMARTS) is 1. The summed E-state index contributed by atoms with van der Waals surface area (Å²) in [6, 6.07) is 0. The number of hydrogen-bond donors (Lipinski definition) is 1. The standard InChI is InChI=1S/C13H22N2O2/c1-9(2)6-7-13(5,12(16)17)15-8-14-10(3)11(15)4/h8-9H,6-7H2,1-5H3,(H,16,17). The van der Waals surface area contributed by atoms with Gasteiger partial charge in [-0.25, -0.2) is 9.78 Å². The van der Waals surface area contributed by atoms with Gasteiger partial charge >= 0.3 is 5.97 Å². The second-order valence-electron chi connectivity index (χ2n) is 5.30. The van der Waals surface area contributed by atoms with Crippen LogP contribution in [0.25, 0.3) is 0 Å². The van der Waals surface area contributed by atoms with E-state index in [0.717, 1.165) is 17.8 Å². The number of carbonyl (C=O) groups is 1. The van der Waals surface area contributed by atoms with Gasteiger partial charge in [0.25, 0.3) is 0 Å². The maximum absolute atomic E-state index is 11.5. The summed E-state index contributed by atoms with van der Waals surface area (Å²) in [5.74, 6) is -0.294. The quantitative estimate of drug-likeness (QED) is 0.858. The van der Waals surface area contributed by atoms with Crippen molar-refractivity contribution >= 4 is 5.97 Å². The van der Waals surface area contributed by atoms with E-state index in [0.29, 0.717) is 12.3 Å². The predicted molar refractivity (Wildman–Crippen MR) is 67.1 cm³/mol. The van der Waals surface area contributed by atoms with Gasteiger partial charge in [-0.2, -0.15) is 0 Å². The van der Waals surface area contributed by atoms with Crippen LogP contribution in [0.5, 0.6) is 0 Å². The van der Waals surface area contributed by atoms with Crippen molar-refractivity contribution in [2.75, 3.05) is 0 Å². The molecule has 1 N–H and O–H groups in total. The average Bonchev–Trinajstić information content (AvgIpc) is 2.56. The van der Waals surface area contributed by atoms with Crippen LogP contribution in [0.4, 0.5) is 0 Å². The summed E-state index contributed by atoms with van der Waals surface area (Å²) < 4.78 is 1.78. The molecule has 0 radical (unpaired) electrons. The Kier molecular flexibility index (Phi) is 3.96. The first-order valence-electron chi connectivity index (χ1n) is 6.03. The van der Waals surface area contributed by atoms with Crippen molar-refractivity contribution in [3.63, 3.8) is 0 Å². The monoisotopic (exact) mass is 238 g/mol. The first-order chi connectivity index (χ1) is 7.79. The van der Waals surface area contributed by atoms with Crippen LogP contribution in [0.3, 0.4) is 0 Å². The normalized spacial score (nSPS) is 14.9. The molecule has 0 bridgehead atoms. The van der Waals surface area contributed by atoms with E-state index in [9.17, 15) is 9.90 Å². The summed E-state index contributed by atoms with van der Waals surface area (Å²) in [6.45, 7) is 9.80. The molecule has 0 aromatic carbocycles. The van der Waals surface area contributed by atoms with Gasteiger partial charge in [0.15, 0.2) is 0 Å². The summed E-state index contributed by atoms with van der Waals surface area (Å²) in [5, 5.41) is 9.48. The fourth-order valence-corrected chi connectivity index (χ4v) is 1.90. The Morgan fingerprint density at radius 2 is 2.12 bits per heavy atom. The van der Waals surface area contributed by atoms with Gasteiger partial charge in [-0.05, 0) is 39.5 Å². The van der Waals surface area contributed by atoms with E-state index in [-0.39, 0.29) is 0 Å². The third-order valence-electron chi connectivity index (χ3n) is 3.45. The minimum absolute atomic E-state index is 0.499. The summed E-state index contributed by atoms with van der Waals surface area (Å²) in [7, 11) is 0. The second-order valence-corrected chi connectivity index (χ2v) is 5.30. The van der Waals surface area contributed by atoms with E-state index in [1.165, 1.54) is 0 Å². The molecule has 0 spiro atoms. The first-order valence-corrected chi connectivity index (χ1v) is 6.03. The molecule has 1 unspecified atom stereocenters. The molecule has 0 aliphatic carbocycles. The van der Waals surface area contributed by atoms with Crippen molar-refractivity contribution in [2.24, 2.45) is 5.92 Å². The molecule has 1 rings (SSSR count). The summed E-state index contributed by atoms with van der Waals surface area (Å²) in [5.41, 5.74) is 0.927. The molecule has 1 atom stereocenters. The van der Waals surface area contributed by atoms with Crippen LogP contribution >= 0.6 is 0 Å². The van der Waals surface area contributed by atoms with Crippen LogP contribution in [0.2, 0.25) is 0 Å². The minimum atomic E-state index is -0.893.